The largest absolute Gasteiger partial charge is 0.482 e. The van der Waals surface area contributed by atoms with Crippen molar-refractivity contribution in [3.63, 3.8) is 0 Å². The summed E-state index contributed by atoms with van der Waals surface area (Å²) in [7, 11) is -2.92. The van der Waals surface area contributed by atoms with Gasteiger partial charge in [0.15, 0.2) is 16.4 Å². The van der Waals surface area contributed by atoms with E-state index < -0.39 is 9.84 Å². The first-order valence-electron chi connectivity index (χ1n) is 6.41. The minimum absolute atomic E-state index is 0.0157. The van der Waals surface area contributed by atoms with E-state index >= 15 is 0 Å². The average molecular weight is 352 g/mol. The summed E-state index contributed by atoms with van der Waals surface area (Å²) < 4.78 is 27.9. The first-order chi connectivity index (χ1) is 9.85. The summed E-state index contributed by atoms with van der Waals surface area (Å²) in [6.07, 6.45) is 0.590. The van der Waals surface area contributed by atoms with Gasteiger partial charge in [0.05, 0.1) is 16.5 Å². The molecular formula is C13H15Cl2NO4S. The minimum Gasteiger partial charge on any atom is -0.482 e. The van der Waals surface area contributed by atoms with Crippen LogP contribution in [-0.2, 0) is 14.6 Å². The van der Waals surface area contributed by atoms with Crippen LogP contribution in [0.25, 0.3) is 0 Å². The van der Waals surface area contributed by atoms with Gasteiger partial charge in [-0.05, 0) is 30.5 Å². The number of nitrogens with one attached hydrogen (secondary N) is 1. The molecule has 1 atom stereocenters. The van der Waals surface area contributed by atoms with Gasteiger partial charge in [-0.1, -0.05) is 23.2 Å². The van der Waals surface area contributed by atoms with Gasteiger partial charge < -0.3 is 10.1 Å². The number of amides is 1. The molecule has 8 heteroatoms. The predicted molar refractivity (Wildman–Crippen MR) is 81.7 cm³/mol. The molecule has 1 unspecified atom stereocenters. The van der Waals surface area contributed by atoms with E-state index in [0.29, 0.717) is 28.8 Å². The zero-order chi connectivity index (χ0) is 15.5. The molecule has 116 valence electrons. The maximum absolute atomic E-state index is 11.7. The molecule has 1 amide bonds. The van der Waals surface area contributed by atoms with Crippen molar-refractivity contribution in [2.75, 3.05) is 24.7 Å². The quantitative estimate of drug-likeness (QED) is 0.879. The van der Waals surface area contributed by atoms with Crippen molar-refractivity contribution < 1.29 is 17.9 Å². The summed E-state index contributed by atoms with van der Waals surface area (Å²) >= 11 is 11.7. The number of sulfone groups is 1. The molecule has 0 saturated carbocycles. The van der Waals surface area contributed by atoms with Crippen LogP contribution in [0.2, 0.25) is 10.0 Å². The molecule has 0 radical (unpaired) electrons. The lowest BCUT2D eigenvalue weighted by molar-refractivity contribution is -0.123. The van der Waals surface area contributed by atoms with Crippen LogP contribution >= 0.6 is 23.2 Å². The fourth-order valence-electron chi connectivity index (χ4n) is 2.08. The van der Waals surface area contributed by atoms with Crippen LogP contribution in [-0.4, -0.2) is 39.0 Å². The van der Waals surface area contributed by atoms with Gasteiger partial charge in [-0.25, -0.2) is 8.42 Å². The predicted octanol–water partition coefficient (Wildman–Crippen LogP) is 1.92. The van der Waals surface area contributed by atoms with E-state index in [0.717, 1.165) is 0 Å². The molecule has 1 aromatic carbocycles. The summed E-state index contributed by atoms with van der Waals surface area (Å²) in [5.74, 6) is 0.379. The normalized spacial score (nSPS) is 20.2. The smallest absolute Gasteiger partial charge is 0.257 e. The van der Waals surface area contributed by atoms with E-state index in [1.165, 1.54) is 6.07 Å². The second-order valence-electron chi connectivity index (χ2n) is 4.94. The van der Waals surface area contributed by atoms with Crippen LogP contribution < -0.4 is 10.1 Å². The Morgan fingerprint density at radius 3 is 2.76 bits per heavy atom. The van der Waals surface area contributed by atoms with Crippen LogP contribution in [0.1, 0.15) is 6.42 Å². The second kappa shape index (κ2) is 6.85. The lowest BCUT2D eigenvalue weighted by Gasteiger charge is -2.11. The van der Waals surface area contributed by atoms with Crippen molar-refractivity contribution >= 4 is 38.9 Å². The third kappa shape index (κ3) is 5.05. The Bertz CT molecular complexity index is 633. The van der Waals surface area contributed by atoms with Gasteiger partial charge in [0.1, 0.15) is 5.75 Å². The van der Waals surface area contributed by atoms with Gasteiger partial charge in [0.25, 0.3) is 5.91 Å². The minimum atomic E-state index is -2.92. The van der Waals surface area contributed by atoms with E-state index in [4.69, 9.17) is 27.9 Å². The number of ether oxygens (including phenoxy) is 1. The van der Waals surface area contributed by atoms with E-state index in [-0.39, 0.29) is 29.9 Å². The van der Waals surface area contributed by atoms with Crippen molar-refractivity contribution in [2.24, 2.45) is 5.92 Å². The molecule has 1 aliphatic heterocycles. The molecular weight excluding hydrogens is 337 g/mol. The first-order valence-corrected chi connectivity index (χ1v) is 8.98. The lowest BCUT2D eigenvalue weighted by atomic mass is 10.1. The number of carbonyl (C=O) groups excluding carboxylic acids is 1. The maximum atomic E-state index is 11.7. The highest BCUT2D eigenvalue weighted by Crippen LogP contribution is 2.27. The molecule has 1 saturated heterocycles. The molecule has 0 spiro atoms. The molecule has 5 nitrogen and oxygen atoms in total. The molecule has 1 fully saturated rings. The summed E-state index contributed by atoms with van der Waals surface area (Å²) in [5.41, 5.74) is 0. The second-order valence-corrected chi connectivity index (χ2v) is 8.01. The number of rotatable bonds is 5. The van der Waals surface area contributed by atoms with Crippen LogP contribution in [0.15, 0.2) is 18.2 Å². The molecule has 1 aliphatic rings. The Kier molecular flexibility index (Phi) is 5.35. The van der Waals surface area contributed by atoms with E-state index in [2.05, 4.69) is 5.32 Å². The summed E-state index contributed by atoms with van der Waals surface area (Å²) in [6, 6.07) is 4.73. The maximum Gasteiger partial charge on any atom is 0.257 e. The zero-order valence-electron chi connectivity index (χ0n) is 11.1. The molecule has 0 bridgehead atoms. The van der Waals surface area contributed by atoms with Crippen LogP contribution in [0.5, 0.6) is 5.75 Å². The Morgan fingerprint density at radius 1 is 1.38 bits per heavy atom. The van der Waals surface area contributed by atoms with Crippen molar-refractivity contribution in [3.8, 4) is 5.75 Å². The van der Waals surface area contributed by atoms with Gasteiger partial charge in [0, 0.05) is 11.6 Å². The summed E-state index contributed by atoms with van der Waals surface area (Å²) in [6.45, 7) is 0.163. The van der Waals surface area contributed by atoms with E-state index in [1.807, 2.05) is 0 Å². The fourth-order valence-corrected chi connectivity index (χ4v) is 4.40. The zero-order valence-corrected chi connectivity index (χ0v) is 13.5. The highest BCUT2D eigenvalue weighted by molar-refractivity contribution is 7.91. The van der Waals surface area contributed by atoms with Crippen molar-refractivity contribution in [1.29, 1.82) is 0 Å². The van der Waals surface area contributed by atoms with Crippen molar-refractivity contribution in [2.45, 2.75) is 6.42 Å². The van der Waals surface area contributed by atoms with Gasteiger partial charge >= 0.3 is 0 Å². The summed E-state index contributed by atoms with van der Waals surface area (Å²) in [4.78, 5) is 11.7. The van der Waals surface area contributed by atoms with Gasteiger partial charge in [0.2, 0.25) is 0 Å². The monoisotopic (exact) mass is 351 g/mol. The molecule has 1 N–H and O–H groups in total. The van der Waals surface area contributed by atoms with Crippen molar-refractivity contribution in [1.82, 2.24) is 5.32 Å². The van der Waals surface area contributed by atoms with Crippen LogP contribution in [0.3, 0.4) is 0 Å². The molecule has 1 heterocycles. The number of hydrogen-bond donors (Lipinski definition) is 1. The van der Waals surface area contributed by atoms with Crippen LogP contribution in [0.4, 0.5) is 0 Å². The highest BCUT2D eigenvalue weighted by atomic mass is 35.5. The van der Waals surface area contributed by atoms with Gasteiger partial charge in [-0.15, -0.1) is 0 Å². The Hall–Kier alpha value is -0.980. The highest BCUT2D eigenvalue weighted by Gasteiger charge is 2.27. The Balaban J connectivity index is 1.75. The Morgan fingerprint density at radius 2 is 2.14 bits per heavy atom. The number of carbonyl (C=O) groups is 1. The third-order valence-corrected chi connectivity index (χ3v) is 5.53. The fraction of sp³-hybridized carbons (Fsp3) is 0.462. The molecule has 0 aliphatic carbocycles. The van der Waals surface area contributed by atoms with Crippen LogP contribution in [0, 0.1) is 5.92 Å². The number of hydrogen-bond acceptors (Lipinski definition) is 4. The molecule has 2 rings (SSSR count). The number of benzene rings is 1. The SMILES string of the molecule is O=C(COc1ccc(Cl)cc1Cl)NCC1CCS(=O)(=O)C1. The molecule has 21 heavy (non-hydrogen) atoms. The Labute approximate surface area is 133 Å². The topological polar surface area (TPSA) is 72.5 Å². The van der Waals surface area contributed by atoms with E-state index in [9.17, 15) is 13.2 Å². The standard InChI is InChI=1S/C13H15Cl2NO4S/c14-10-1-2-12(11(15)5-10)20-7-13(17)16-6-9-3-4-21(18,19)8-9/h1-2,5,9H,3-4,6-8H2,(H,16,17). The van der Waals surface area contributed by atoms with Gasteiger partial charge in [-0.2, -0.15) is 0 Å². The molecule has 1 aromatic rings. The first kappa shape index (κ1) is 16.4. The average Bonchev–Trinajstić information content (AvgIpc) is 2.75. The lowest BCUT2D eigenvalue weighted by Crippen LogP contribution is -2.33. The molecule has 0 aromatic heterocycles. The third-order valence-electron chi connectivity index (χ3n) is 3.17. The van der Waals surface area contributed by atoms with Crippen molar-refractivity contribution in [3.05, 3.63) is 28.2 Å². The summed E-state index contributed by atoms with van der Waals surface area (Å²) in [5, 5.41) is 3.48. The van der Waals surface area contributed by atoms with E-state index in [1.54, 1.807) is 12.1 Å². The van der Waals surface area contributed by atoms with Gasteiger partial charge in [-0.3, -0.25) is 4.79 Å². The number of halogens is 2.